The number of rotatable bonds is 35. The van der Waals surface area contributed by atoms with Crippen LogP contribution in [-0.4, -0.2) is 71.2 Å². The van der Waals surface area contributed by atoms with E-state index in [4.69, 9.17) is 15.1 Å². The van der Waals surface area contributed by atoms with Crippen LogP contribution in [0.25, 0.3) is 0 Å². The quantitative estimate of drug-likeness (QED) is 0.0339. The van der Waals surface area contributed by atoms with Crippen molar-refractivity contribution in [3.8, 4) is 12.1 Å². The fraction of sp³-hybridized carbons (Fsp3) is 0.959. The van der Waals surface area contributed by atoms with Crippen LogP contribution in [-0.2, 0) is 34.9 Å². The fourth-order valence-electron chi connectivity index (χ4n) is 10.1. The first-order valence-electron chi connectivity index (χ1n) is 25.3. The van der Waals surface area contributed by atoms with Gasteiger partial charge in [0.05, 0.1) is 38.1 Å². The van der Waals surface area contributed by atoms with Gasteiger partial charge in [-0.2, -0.15) is 18.9 Å². The average Bonchev–Trinajstić information content (AvgIpc) is 3.13. The third-order valence-electron chi connectivity index (χ3n) is 13.2. The van der Waals surface area contributed by atoms with Crippen LogP contribution in [0, 0.1) is 74.4 Å². The molecule has 0 aliphatic carbocycles. The van der Waals surface area contributed by atoms with Gasteiger partial charge in [0, 0.05) is 36.2 Å². The molecular formula is C49H99N3O12PS3-. The van der Waals surface area contributed by atoms with Gasteiger partial charge in [0.2, 0.25) is 0 Å². The van der Waals surface area contributed by atoms with Gasteiger partial charge in [-0.3, -0.25) is 9.12 Å². The molecule has 0 saturated heterocycles. The van der Waals surface area contributed by atoms with Crippen LogP contribution in [0.15, 0.2) is 0 Å². The summed E-state index contributed by atoms with van der Waals surface area (Å²) in [5, 5.41) is 16.6. The Morgan fingerprint density at radius 3 is 1.04 bits per heavy atom. The largest absolute Gasteiger partial charge is 0.748 e. The SMILES string of the molecule is CCCC(CCCC(C#N)CC)CC(C)(C)CS(=O)(=O)O.CCCC(CCCC(C#N)CC)CC(C)(C)CS(=O)(=O)[O-].CCCC(CCCC(CC)C(C)([NH3+])P(=O)(O)O)CC(C)(C)CS(=O)(=O)[O-]. The summed E-state index contributed by atoms with van der Waals surface area (Å²) < 4.78 is 109. The first-order valence-corrected chi connectivity index (χ1v) is 31.7. The van der Waals surface area contributed by atoms with Gasteiger partial charge in [-0.1, -0.05) is 160 Å². The highest BCUT2D eigenvalue weighted by Gasteiger charge is 2.48. The molecule has 0 radical (unpaired) electrons. The molecule has 0 aromatic rings. The maximum absolute atomic E-state index is 11.7. The van der Waals surface area contributed by atoms with Crippen molar-refractivity contribution in [1.82, 2.24) is 0 Å². The Bertz CT molecular complexity index is 1760. The van der Waals surface area contributed by atoms with Gasteiger partial charge in [0.25, 0.3) is 10.1 Å². The number of nitrogens with zero attached hydrogens (tertiary/aromatic N) is 2. The number of hydrogen-bond donors (Lipinski definition) is 4. The van der Waals surface area contributed by atoms with Crippen molar-refractivity contribution in [3.05, 3.63) is 0 Å². The van der Waals surface area contributed by atoms with E-state index in [1.54, 1.807) is 13.8 Å². The topological polar surface area (TPSA) is 302 Å². The molecule has 0 saturated carbocycles. The van der Waals surface area contributed by atoms with E-state index in [0.29, 0.717) is 37.0 Å². The van der Waals surface area contributed by atoms with E-state index in [9.17, 15) is 48.7 Å². The zero-order chi connectivity index (χ0) is 53.8. The van der Waals surface area contributed by atoms with Crippen LogP contribution >= 0.6 is 7.60 Å². The summed E-state index contributed by atoms with van der Waals surface area (Å²) in [7, 11) is -16.7. The molecular weight excluding hydrogens is 950 g/mol. The maximum atomic E-state index is 11.7. The molecule has 0 amide bonds. The molecule has 0 rings (SSSR count). The van der Waals surface area contributed by atoms with Crippen LogP contribution in [0.4, 0.5) is 0 Å². The Balaban J connectivity index is -0.000000940. The lowest BCUT2D eigenvalue weighted by atomic mass is 9.79. The highest BCUT2D eigenvalue weighted by molar-refractivity contribution is 7.86. The van der Waals surface area contributed by atoms with Crippen molar-refractivity contribution in [1.29, 1.82) is 10.5 Å². The number of nitriles is 2. The van der Waals surface area contributed by atoms with Crippen molar-refractivity contribution in [2.24, 2.45) is 51.8 Å². The Morgan fingerprint density at radius 1 is 0.529 bits per heavy atom. The van der Waals surface area contributed by atoms with E-state index in [-0.39, 0.29) is 35.0 Å². The van der Waals surface area contributed by atoms with Gasteiger partial charge in [-0.15, -0.1) is 0 Å². The summed E-state index contributed by atoms with van der Waals surface area (Å²) in [6.07, 6.45) is 19.0. The molecule has 7 unspecified atom stereocenters. The molecule has 68 heavy (non-hydrogen) atoms. The Morgan fingerprint density at radius 2 is 0.824 bits per heavy atom. The first-order chi connectivity index (χ1) is 30.8. The van der Waals surface area contributed by atoms with Crippen LogP contribution < -0.4 is 5.73 Å². The Hall–Kier alpha value is -1.18. The van der Waals surface area contributed by atoms with Gasteiger partial charge in [-0.25, -0.2) is 16.8 Å². The minimum Gasteiger partial charge on any atom is -0.748 e. The molecule has 0 bridgehead atoms. The Kier molecular flexibility index (Phi) is 35.0. The zero-order valence-corrected chi connectivity index (χ0v) is 48.1. The summed E-state index contributed by atoms with van der Waals surface area (Å²) in [6.45, 7) is 24.9. The lowest BCUT2D eigenvalue weighted by molar-refractivity contribution is -0.456. The van der Waals surface area contributed by atoms with Gasteiger partial charge < -0.3 is 24.6 Å². The van der Waals surface area contributed by atoms with Crippen LogP contribution in [0.1, 0.15) is 225 Å². The second-order valence-corrected chi connectivity index (χ2v) is 28.8. The number of quaternary nitrogens is 1. The highest BCUT2D eigenvalue weighted by Crippen LogP contribution is 2.51. The minimum atomic E-state index is -4.29. The van der Waals surface area contributed by atoms with Gasteiger partial charge in [0.15, 0.2) is 5.28 Å². The van der Waals surface area contributed by atoms with Crippen LogP contribution in [0.5, 0.6) is 0 Å². The summed E-state index contributed by atoms with van der Waals surface area (Å²) in [5.74, 6) is 0.422. The van der Waals surface area contributed by atoms with E-state index < -0.39 is 59.5 Å². The molecule has 0 heterocycles. The fourth-order valence-corrected chi connectivity index (χ4v) is 14.2. The normalized spacial score (nSPS) is 16.5. The summed E-state index contributed by atoms with van der Waals surface area (Å²) in [5.41, 5.74) is 2.33. The monoisotopic (exact) mass is 1050 g/mol. The van der Waals surface area contributed by atoms with E-state index in [1.165, 1.54) is 6.92 Å². The Labute approximate surface area is 416 Å². The van der Waals surface area contributed by atoms with Crippen molar-refractivity contribution < 1.29 is 59.0 Å². The average molecular weight is 1050 g/mol. The van der Waals surface area contributed by atoms with E-state index in [2.05, 4.69) is 38.6 Å². The molecule has 0 aromatic carbocycles. The molecule has 0 aliphatic heterocycles. The molecule has 406 valence electrons. The molecule has 15 nitrogen and oxygen atoms in total. The van der Waals surface area contributed by atoms with Crippen molar-refractivity contribution in [2.75, 3.05) is 17.3 Å². The summed E-state index contributed by atoms with van der Waals surface area (Å²) in [4.78, 5) is 19.1. The molecule has 19 heteroatoms. The molecule has 0 spiro atoms. The molecule has 0 fully saturated rings. The summed E-state index contributed by atoms with van der Waals surface area (Å²) in [6, 6.07) is 4.64. The first kappa shape index (κ1) is 71.1. The van der Waals surface area contributed by atoms with E-state index in [0.717, 1.165) is 116 Å². The number of hydrogen-bond acceptors (Lipinski definition) is 11. The van der Waals surface area contributed by atoms with Crippen molar-refractivity contribution in [2.45, 2.75) is 230 Å². The molecule has 0 aliphatic rings. The lowest BCUT2D eigenvalue weighted by Gasteiger charge is -2.32. The molecule has 0 aromatic heterocycles. The smallest absolute Gasteiger partial charge is 0.385 e. The molecule has 6 N–H and O–H groups in total. The van der Waals surface area contributed by atoms with Crippen molar-refractivity contribution in [3.63, 3.8) is 0 Å². The van der Waals surface area contributed by atoms with Crippen LogP contribution in [0.3, 0.4) is 0 Å². The molecule has 7 atom stereocenters. The van der Waals surface area contributed by atoms with E-state index in [1.807, 2.05) is 48.5 Å². The lowest BCUT2D eigenvalue weighted by Crippen LogP contribution is -2.73. The highest BCUT2D eigenvalue weighted by atomic mass is 32.2. The predicted octanol–water partition coefficient (Wildman–Crippen LogP) is 11.2. The van der Waals surface area contributed by atoms with Gasteiger partial charge in [0.1, 0.15) is 0 Å². The third-order valence-corrected chi connectivity index (χ3v) is 18.3. The second kappa shape index (κ2) is 33.5. The standard InChI is InChI=1S/C17H38NO6PS.2C16H31NO3S/c1-6-9-14(12-16(3,4)13-26(22,23)24)10-8-11-15(7-2)17(5,18)25(19,20)21;2*1-5-8-15(10-7-9-14(6-2)12-17)11-16(3,4)13-21(18,19)20/h14-15H,6-13,18H2,1-5H3,(H2,19,20,21)(H,22,23,24);2*14-15H,5-11,13H2,1-4H3,(H,18,19,20)/p-1. The van der Waals surface area contributed by atoms with Gasteiger partial charge >= 0.3 is 7.60 Å². The maximum Gasteiger partial charge on any atom is 0.385 e. The van der Waals surface area contributed by atoms with E-state index >= 15 is 0 Å². The minimum absolute atomic E-state index is 0.127. The third kappa shape index (κ3) is 37.6. The summed E-state index contributed by atoms with van der Waals surface area (Å²) >= 11 is 0. The van der Waals surface area contributed by atoms with Crippen molar-refractivity contribution >= 4 is 38.0 Å². The van der Waals surface area contributed by atoms with Crippen LogP contribution in [0.2, 0.25) is 0 Å². The van der Waals surface area contributed by atoms with Gasteiger partial charge in [-0.05, 0) is 91.8 Å². The second-order valence-electron chi connectivity index (χ2n) is 22.5. The zero-order valence-electron chi connectivity index (χ0n) is 44.7. The predicted molar refractivity (Wildman–Crippen MR) is 273 cm³/mol.